The number of carbonyl (C=O) groups is 1. The summed E-state index contributed by atoms with van der Waals surface area (Å²) in [5.41, 5.74) is 1.27. The summed E-state index contributed by atoms with van der Waals surface area (Å²) in [6.45, 7) is -2.84. The van der Waals surface area contributed by atoms with E-state index in [4.69, 9.17) is 11.6 Å². The number of rotatable bonds is 7. The van der Waals surface area contributed by atoms with Crippen molar-refractivity contribution in [1.29, 1.82) is 0 Å². The Kier molecular flexibility index (Phi) is 5.85. The Hall–Kier alpha value is -3.86. The van der Waals surface area contributed by atoms with Crippen LogP contribution in [0.4, 0.5) is 14.5 Å². The minimum atomic E-state index is -3.00. The molecule has 2 aromatic carbocycles. The third kappa shape index (κ3) is 5.01. The molecule has 12 heteroatoms. The quantitative estimate of drug-likeness (QED) is 0.467. The first-order valence-electron chi connectivity index (χ1n) is 8.90. The van der Waals surface area contributed by atoms with Crippen molar-refractivity contribution < 1.29 is 18.3 Å². The van der Waals surface area contributed by atoms with E-state index in [2.05, 4.69) is 30.6 Å². The Labute approximate surface area is 179 Å². The second kappa shape index (κ2) is 8.88. The molecule has 1 N–H and O–H groups in total. The van der Waals surface area contributed by atoms with E-state index < -0.39 is 12.5 Å². The summed E-state index contributed by atoms with van der Waals surface area (Å²) in [6, 6.07) is 14.8. The highest BCUT2D eigenvalue weighted by molar-refractivity contribution is 6.32. The molecule has 0 spiro atoms. The molecule has 0 saturated heterocycles. The first-order chi connectivity index (χ1) is 15.0. The summed E-state index contributed by atoms with van der Waals surface area (Å²) in [5, 5.41) is 19.0. The predicted molar refractivity (Wildman–Crippen MR) is 107 cm³/mol. The molecule has 0 radical (unpaired) electrons. The van der Waals surface area contributed by atoms with Crippen molar-refractivity contribution in [3.05, 3.63) is 71.5 Å². The zero-order valence-corrected chi connectivity index (χ0v) is 16.4. The van der Waals surface area contributed by atoms with Gasteiger partial charge in [-0.1, -0.05) is 41.9 Å². The van der Waals surface area contributed by atoms with Crippen LogP contribution in [0.5, 0.6) is 5.75 Å². The van der Waals surface area contributed by atoms with Gasteiger partial charge in [0.05, 0.1) is 5.02 Å². The number of hydrogen-bond donors (Lipinski definition) is 1. The number of ether oxygens (including phenoxy) is 1. The van der Waals surface area contributed by atoms with Crippen molar-refractivity contribution >= 4 is 23.2 Å². The van der Waals surface area contributed by atoms with E-state index >= 15 is 0 Å². The van der Waals surface area contributed by atoms with Crippen LogP contribution in [0.3, 0.4) is 0 Å². The van der Waals surface area contributed by atoms with Crippen LogP contribution in [0, 0.1) is 0 Å². The van der Waals surface area contributed by atoms with Gasteiger partial charge in [-0.05, 0) is 29.5 Å². The number of aromatic nitrogens is 6. The Bertz CT molecular complexity index is 1200. The highest BCUT2D eigenvalue weighted by atomic mass is 35.5. The third-order valence-corrected chi connectivity index (χ3v) is 4.33. The average molecular weight is 446 g/mol. The summed E-state index contributed by atoms with van der Waals surface area (Å²) < 4.78 is 30.3. The van der Waals surface area contributed by atoms with Gasteiger partial charge in [0.15, 0.2) is 12.4 Å². The monoisotopic (exact) mass is 445 g/mol. The zero-order chi connectivity index (χ0) is 21.8. The molecule has 0 unspecified atom stereocenters. The van der Waals surface area contributed by atoms with Crippen LogP contribution in [-0.2, 0) is 6.67 Å². The Morgan fingerprint density at radius 1 is 1.13 bits per heavy atom. The van der Waals surface area contributed by atoms with Gasteiger partial charge >= 0.3 is 6.61 Å². The first kappa shape index (κ1) is 20.4. The van der Waals surface area contributed by atoms with Crippen LogP contribution in [0.2, 0.25) is 5.02 Å². The number of tetrazole rings is 1. The van der Waals surface area contributed by atoms with E-state index in [-0.39, 0.29) is 23.1 Å². The van der Waals surface area contributed by atoms with Gasteiger partial charge in [0.1, 0.15) is 5.75 Å². The van der Waals surface area contributed by atoms with Gasteiger partial charge in [0.2, 0.25) is 5.82 Å². The van der Waals surface area contributed by atoms with Crippen LogP contribution in [0.25, 0.3) is 11.4 Å². The highest BCUT2D eigenvalue weighted by Gasteiger charge is 2.14. The van der Waals surface area contributed by atoms with Crippen LogP contribution >= 0.6 is 11.6 Å². The lowest BCUT2D eigenvalue weighted by Gasteiger charge is -2.09. The fourth-order valence-electron chi connectivity index (χ4n) is 2.66. The molecule has 2 aromatic heterocycles. The number of hydrogen-bond acceptors (Lipinski definition) is 6. The number of alkyl halides is 2. The highest BCUT2D eigenvalue weighted by Crippen LogP contribution is 2.29. The van der Waals surface area contributed by atoms with Gasteiger partial charge in [0, 0.05) is 17.4 Å². The van der Waals surface area contributed by atoms with Gasteiger partial charge in [-0.25, -0.2) is 4.68 Å². The van der Waals surface area contributed by atoms with Gasteiger partial charge in [-0.3, -0.25) is 4.79 Å². The normalized spacial score (nSPS) is 11.0. The van der Waals surface area contributed by atoms with Crippen molar-refractivity contribution in [1.82, 2.24) is 30.0 Å². The van der Waals surface area contributed by atoms with Gasteiger partial charge in [-0.15, -0.1) is 15.0 Å². The van der Waals surface area contributed by atoms with E-state index in [0.29, 0.717) is 11.5 Å². The first-order valence-corrected chi connectivity index (χ1v) is 9.28. The third-order valence-electron chi connectivity index (χ3n) is 4.04. The summed E-state index contributed by atoms with van der Waals surface area (Å²) >= 11 is 5.89. The lowest BCUT2D eigenvalue weighted by atomic mass is 10.2. The van der Waals surface area contributed by atoms with Crippen molar-refractivity contribution in [2.75, 3.05) is 5.32 Å². The van der Waals surface area contributed by atoms with E-state index in [1.54, 1.807) is 6.20 Å². The number of carbonyl (C=O) groups excluding carboxylic acids is 1. The van der Waals surface area contributed by atoms with Crippen molar-refractivity contribution in [3.8, 4) is 17.1 Å². The second-order valence-electron chi connectivity index (χ2n) is 6.21. The fraction of sp³-hybridized carbons (Fsp3) is 0.105. The van der Waals surface area contributed by atoms with E-state index in [0.717, 1.165) is 5.56 Å². The molecule has 9 nitrogen and oxygen atoms in total. The lowest BCUT2D eigenvalue weighted by molar-refractivity contribution is -0.0497. The molecule has 0 saturated carbocycles. The maximum Gasteiger partial charge on any atom is 0.387 e. The molecular weight excluding hydrogens is 432 g/mol. The van der Waals surface area contributed by atoms with Gasteiger partial charge < -0.3 is 10.1 Å². The van der Waals surface area contributed by atoms with Crippen LogP contribution in [0.15, 0.2) is 60.8 Å². The minimum Gasteiger partial charge on any atom is -0.433 e. The van der Waals surface area contributed by atoms with Crippen LogP contribution < -0.4 is 10.1 Å². The Morgan fingerprint density at radius 2 is 1.94 bits per heavy atom. The predicted octanol–water partition coefficient (Wildman–Crippen LogP) is 3.55. The molecule has 1 amide bonds. The fourth-order valence-corrected chi connectivity index (χ4v) is 2.89. The molecule has 31 heavy (non-hydrogen) atoms. The van der Waals surface area contributed by atoms with Crippen molar-refractivity contribution in [3.63, 3.8) is 0 Å². The molecule has 0 aliphatic carbocycles. The summed E-state index contributed by atoms with van der Waals surface area (Å²) in [7, 11) is 0. The second-order valence-corrected chi connectivity index (χ2v) is 6.62. The molecule has 158 valence electrons. The number of nitrogens with zero attached hydrogens (tertiary/aromatic N) is 6. The van der Waals surface area contributed by atoms with Crippen LogP contribution in [-0.4, -0.2) is 42.5 Å². The number of benzene rings is 2. The Balaban J connectivity index is 1.40. The largest absolute Gasteiger partial charge is 0.433 e. The molecule has 0 fully saturated rings. The molecule has 0 aliphatic heterocycles. The maximum atomic E-state index is 12.4. The lowest BCUT2D eigenvalue weighted by Crippen LogP contribution is -2.16. The van der Waals surface area contributed by atoms with E-state index in [9.17, 15) is 13.6 Å². The maximum absolute atomic E-state index is 12.4. The van der Waals surface area contributed by atoms with Gasteiger partial charge in [-0.2, -0.15) is 13.9 Å². The van der Waals surface area contributed by atoms with Crippen molar-refractivity contribution in [2.45, 2.75) is 13.3 Å². The zero-order valence-electron chi connectivity index (χ0n) is 15.7. The summed E-state index contributed by atoms with van der Waals surface area (Å²) in [4.78, 5) is 13.8. The molecule has 0 atom stereocenters. The Morgan fingerprint density at radius 3 is 2.68 bits per heavy atom. The van der Waals surface area contributed by atoms with Gasteiger partial charge in [0.25, 0.3) is 5.91 Å². The molecule has 4 aromatic rings. The number of nitrogens with one attached hydrogen (secondary N) is 1. The smallest absolute Gasteiger partial charge is 0.387 e. The molecule has 2 heterocycles. The summed E-state index contributed by atoms with van der Waals surface area (Å²) in [5.74, 6) is -0.218. The molecule has 0 bridgehead atoms. The number of anilines is 1. The molecule has 4 rings (SSSR count). The summed E-state index contributed by atoms with van der Waals surface area (Å²) in [6.07, 6.45) is 1.59. The van der Waals surface area contributed by atoms with Crippen LogP contribution in [0.1, 0.15) is 10.5 Å². The average Bonchev–Trinajstić information content (AvgIpc) is 3.41. The molecule has 0 aliphatic rings. The number of amides is 1. The minimum absolute atomic E-state index is 0.0601. The van der Waals surface area contributed by atoms with E-state index in [1.165, 1.54) is 33.7 Å². The topological polar surface area (TPSA) is 99.8 Å². The van der Waals surface area contributed by atoms with E-state index in [1.807, 2.05) is 30.3 Å². The SMILES string of the molecule is O=C(Nc1ccc(OC(F)F)c(Cl)c1)c1ccn(Cn2nnc(-c3ccccc3)n2)n1. The van der Waals surface area contributed by atoms with Crippen molar-refractivity contribution in [2.24, 2.45) is 0 Å². The standard InChI is InChI=1S/C19H14ClF2N7O2/c20-14-10-13(6-7-16(14)31-19(21)22)23-18(30)15-8-9-28(25-15)11-29-26-17(24-27-29)12-4-2-1-3-5-12/h1-10,19H,11H2,(H,23,30). The molecular formula is C19H14ClF2N7O2. The number of halogens is 3.